The first-order chi connectivity index (χ1) is 29.2. The minimum absolute atomic E-state index is 0.348. The van der Waals surface area contributed by atoms with Crippen LogP contribution in [-0.4, -0.2) is 24.6 Å². The van der Waals surface area contributed by atoms with E-state index in [1.807, 2.05) is 0 Å². The van der Waals surface area contributed by atoms with Gasteiger partial charge in [-0.05, 0) is 98.8 Å². The molecule has 0 amide bonds. The molecule has 0 heterocycles. The van der Waals surface area contributed by atoms with Crippen molar-refractivity contribution in [1.29, 1.82) is 3.73 Å². The van der Waals surface area contributed by atoms with Crippen molar-refractivity contribution in [3.05, 3.63) is 243 Å². The molecule has 0 aliphatic carbocycles. The van der Waals surface area contributed by atoms with Crippen LogP contribution in [0.4, 0.5) is 0 Å². The van der Waals surface area contributed by atoms with Crippen molar-refractivity contribution in [3.8, 4) is 0 Å². The minimum atomic E-state index is -1.06. The van der Waals surface area contributed by atoms with Gasteiger partial charge >= 0.3 is 30.3 Å². The summed E-state index contributed by atoms with van der Waals surface area (Å²) in [4.78, 5) is 0. The summed E-state index contributed by atoms with van der Waals surface area (Å²) in [6.07, 6.45) is 4.83. The summed E-state index contributed by atoms with van der Waals surface area (Å²) in [5, 5.41) is 11.8. The van der Waals surface area contributed by atoms with Crippen LogP contribution in [0.15, 0.2) is 243 Å². The van der Waals surface area contributed by atoms with E-state index in [4.69, 9.17) is 3.73 Å². The monoisotopic (exact) mass is 943 g/mol. The fourth-order valence-electron chi connectivity index (χ4n) is 6.89. The standard InChI is InChI=1S/2C26H24P2.ClH.Mo.N/c2*1-5-13-23(14-6-1)27(24-15-7-2-8-16-24)21-22-28(25-17-9-3-10-18-25)26-19-11-4-12-20-26;;;/h2*1-20H,21-22H2;1H;;/q;;;+1;/p-1. The van der Waals surface area contributed by atoms with E-state index < -0.39 is 17.2 Å². The Morgan fingerprint density at radius 3 is 0.458 bits per heavy atom. The Balaban J connectivity index is 0.000000186. The number of halogens is 1. The van der Waals surface area contributed by atoms with Gasteiger partial charge in [0, 0.05) is 0 Å². The van der Waals surface area contributed by atoms with E-state index in [2.05, 4.69) is 252 Å². The van der Waals surface area contributed by atoms with Crippen molar-refractivity contribution in [2.45, 2.75) is 0 Å². The van der Waals surface area contributed by atoms with Crippen molar-refractivity contribution in [1.82, 2.24) is 0 Å². The SMILES string of the molecule is [N]#[Mo][Cl].c1ccc(P(CCP(c2ccccc2)c2ccccc2)c2ccccc2)cc1.c1ccc(P(CCP(c2ccccc2)c2ccccc2)c2ccccc2)cc1. The fourth-order valence-corrected chi connectivity index (χ4v) is 17.6. The molecular weight excluding hydrogens is 894 g/mol. The maximum atomic E-state index is 7.46. The van der Waals surface area contributed by atoms with Gasteiger partial charge in [-0.15, -0.1) is 0 Å². The van der Waals surface area contributed by atoms with E-state index in [0.717, 1.165) is 0 Å². The van der Waals surface area contributed by atoms with Gasteiger partial charge in [0.25, 0.3) is 0 Å². The molecule has 7 heteroatoms. The predicted octanol–water partition coefficient (Wildman–Crippen LogP) is 11.2. The summed E-state index contributed by atoms with van der Waals surface area (Å²) in [6.45, 7) is 0. The van der Waals surface area contributed by atoms with Gasteiger partial charge in [0.1, 0.15) is 0 Å². The quantitative estimate of drug-likeness (QED) is 0.0787. The first kappa shape index (κ1) is 44.7. The van der Waals surface area contributed by atoms with Crippen LogP contribution in [0.2, 0.25) is 0 Å². The first-order valence-corrected chi connectivity index (χ1v) is 29.3. The molecule has 0 aromatic heterocycles. The molecule has 0 saturated heterocycles. The van der Waals surface area contributed by atoms with Crippen LogP contribution in [-0.2, 0) is 17.2 Å². The molecule has 0 aliphatic rings. The fraction of sp³-hybridized carbons (Fsp3) is 0.0769. The smallest absolute Gasteiger partial charge is 0.0195 e. The molecule has 0 spiro atoms. The Morgan fingerprint density at radius 1 is 0.254 bits per heavy atom. The van der Waals surface area contributed by atoms with Gasteiger partial charge in [-0.25, -0.2) is 0 Å². The first-order valence-electron chi connectivity index (χ1n) is 19.7. The van der Waals surface area contributed by atoms with Gasteiger partial charge in [0.15, 0.2) is 0 Å². The number of hydrogen-bond donors (Lipinski definition) is 0. The van der Waals surface area contributed by atoms with Gasteiger partial charge in [-0.3, -0.25) is 0 Å². The van der Waals surface area contributed by atoms with Crippen molar-refractivity contribution >= 4 is 83.5 Å². The van der Waals surface area contributed by atoms with Crippen LogP contribution in [0.5, 0.6) is 0 Å². The summed E-state index contributed by atoms with van der Waals surface area (Å²) in [7, 11) is 3.29. The number of nitrogens with zero attached hydrogens (tertiary/aromatic N) is 1. The molecule has 0 atom stereocenters. The molecule has 1 nitrogen and oxygen atoms in total. The summed E-state index contributed by atoms with van der Waals surface area (Å²) in [5.41, 5.74) is 0. The third kappa shape index (κ3) is 14.1. The Kier molecular flexibility index (Phi) is 19.5. The third-order valence-electron chi connectivity index (χ3n) is 9.64. The van der Waals surface area contributed by atoms with Crippen molar-refractivity contribution in [3.63, 3.8) is 0 Å². The van der Waals surface area contributed by atoms with Crippen molar-refractivity contribution in [2.24, 2.45) is 0 Å². The zero-order chi connectivity index (χ0) is 40.7. The van der Waals surface area contributed by atoms with Crippen LogP contribution in [0.1, 0.15) is 0 Å². The average Bonchev–Trinajstić information content (AvgIpc) is 3.32. The van der Waals surface area contributed by atoms with Crippen LogP contribution in [0.3, 0.4) is 0 Å². The zero-order valence-electron chi connectivity index (χ0n) is 32.9. The van der Waals surface area contributed by atoms with Gasteiger partial charge < -0.3 is 0 Å². The van der Waals surface area contributed by atoms with Crippen LogP contribution in [0.25, 0.3) is 0 Å². The van der Waals surface area contributed by atoms with Crippen LogP contribution in [0, 0.1) is 3.73 Å². The van der Waals surface area contributed by atoms with E-state index in [9.17, 15) is 0 Å². The Morgan fingerprint density at radius 2 is 0.356 bits per heavy atom. The molecule has 8 aromatic carbocycles. The van der Waals surface area contributed by atoms with Crippen molar-refractivity contribution in [2.75, 3.05) is 24.6 Å². The Bertz CT molecular complexity index is 1870. The summed E-state index contributed by atoms with van der Waals surface area (Å²) < 4.78 is 7.46. The molecule has 59 heavy (non-hydrogen) atoms. The zero-order valence-corrected chi connectivity index (χ0v) is 39.3. The average molecular weight is 942 g/mol. The van der Waals surface area contributed by atoms with Gasteiger partial charge in [-0.1, -0.05) is 243 Å². The van der Waals surface area contributed by atoms with E-state index >= 15 is 0 Å². The van der Waals surface area contributed by atoms with Gasteiger partial charge in [0.05, 0.1) is 0 Å². The van der Waals surface area contributed by atoms with Gasteiger partial charge in [0.2, 0.25) is 0 Å². The molecule has 294 valence electrons. The number of rotatable bonds is 14. The van der Waals surface area contributed by atoms with E-state index in [1.54, 1.807) is 0 Å². The summed E-state index contributed by atoms with van der Waals surface area (Å²) in [5.74, 6) is 0. The number of benzene rings is 8. The molecule has 0 fully saturated rings. The predicted molar refractivity (Wildman–Crippen MR) is 263 cm³/mol. The molecule has 0 aliphatic heterocycles. The summed E-state index contributed by atoms with van der Waals surface area (Å²) >= 11 is -1.06. The Labute approximate surface area is 369 Å². The maximum absolute atomic E-state index is 7.46. The Hall–Kier alpha value is -3.83. The van der Waals surface area contributed by atoms with Gasteiger partial charge in [-0.2, -0.15) is 0 Å². The molecule has 0 unspecified atom stereocenters. The van der Waals surface area contributed by atoms with Crippen LogP contribution < -0.4 is 42.4 Å². The molecule has 0 N–H and O–H groups in total. The van der Waals surface area contributed by atoms with E-state index in [-0.39, 0.29) is 31.7 Å². The van der Waals surface area contributed by atoms with E-state index in [1.165, 1.54) is 67.1 Å². The topological polar surface area (TPSA) is 23.8 Å². The molecule has 0 saturated carbocycles. The second kappa shape index (κ2) is 25.7. The molecule has 0 bridgehead atoms. The molecule has 0 radical (unpaired) electrons. The third-order valence-corrected chi connectivity index (χ3v) is 20.4. The second-order valence-electron chi connectivity index (χ2n) is 13.4. The minimum Gasteiger partial charge on any atom is -0.0622 e. The van der Waals surface area contributed by atoms with Crippen LogP contribution >= 0.6 is 41.1 Å². The second-order valence-corrected chi connectivity index (χ2v) is 23.9. The summed E-state index contributed by atoms with van der Waals surface area (Å²) in [6, 6.07) is 88.4. The largest absolute Gasteiger partial charge is 0.0622 e. The molecule has 8 aromatic rings. The molecule has 8 rings (SSSR count). The normalized spacial score (nSPS) is 10.7. The van der Waals surface area contributed by atoms with E-state index in [0.29, 0.717) is 0 Å². The molecular formula is C52H48ClMoNP4. The van der Waals surface area contributed by atoms with Crippen molar-refractivity contribution < 1.29 is 17.2 Å². The number of hydrogen-bond acceptors (Lipinski definition) is 1. The maximum Gasteiger partial charge on any atom is -0.0195 e.